The van der Waals surface area contributed by atoms with Crippen molar-refractivity contribution in [3.63, 3.8) is 0 Å². The van der Waals surface area contributed by atoms with Crippen LogP contribution in [0.1, 0.15) is 81.7 Å². The topological polar surface area (TPSA) is 146 Å². The van der Waals surface area contributed by atoms with Crippen molar-refractivity contribution < 1.29 is 28.8 Å². The van der Waals surface area contributed by atoms with Gasteiger partial charge in [0.2, 0.25) is 11.8 Å². The SMILES string of the molecule is C=C(NC(=O)[C@@H]1C[C@@H](O)CN1C(=O)[C@@H](c1cc(CNC(=O)OC(C)(C)C)no1)C(C)C)c1ccc(C2SC=NC2C)cc1. The van der Waals surface area contributed by atoms with E-state index in [1.54, 1.807) is 38.6 Å². The van der Waals surface area contributed by atoms with Gasteiger partial charge in [0.1, 0.15) is 29.0 Å². The molecule has 2 aliphatic heterocycles. The fourth-order valence-electron chi connectivity index (χ4n) is 5.18. The highest BCUT2D eigenvalue weighted by Gasteiger charge is 2.43. The van der Waals surface area contributed by atoms with Crippen LogP contribution in [0.5, 0.6) is 0 Å². The number of alkyl carbamates (subject to hydrolysis) is 1. The van der Waals surface area contributed by atoms with Crippen LogP contribution in [0.25, 0.3) is 5.70 Å². The first kappa shape index (κ1) is 32.3. The summed E-state index contributed by atoms with van der Waals surface area (Å²) in [6.07, 6.45) is -1.34. The van der Waals surface area contributed by atoms with Crippen molar-refractivity contribution in [2.45, 2.75) is 89.5 Å². The number of hydrogen-bond donors (Lipinski definition) is 3. The number of benzene rings is 1. The minimum absolute atomic E-state index is 0.0157. The average Bonchev–Trinajstić information content (AvgIpc) is 3.66. The monoisotopic (exact) mass is 611 g/mol. The Hall–Kier alpha value is -3.64. The Bertz CT molecular complexity index is 1370. The van der Waals surface area contributed by atoms with Crippen LogP contribution in [0.2, 0.25) is 0 Å². The molecule has 0 aliphatic carbocycles. The molecule has 1 aromatic carbocycles. The van der Waals surface area contributed by atoms with Crippen LogP contribution in [0, 0.1) is 5.92 Å². The quantitative estimate of drug-likeness (QED) is 0.378. The molecule has 11 nitrogen and oxygen atoms in total. The second kappa shape index (κ2) is 13.3. The number of carbonyl (C=O) groups excluding carboxylic acids is 3. The van der Waals surface area contributed by atoms with Gasteiger partial charge in [0.15, 0.2) is 0 Å². The lowest BCUT2D eigenvalue weighted by molar-refractivity contribution is -0.140. The maximum Gasteiger partial charge on any atom is 0.407 e. The van der Waals surface area contributed by atoms with Gasteiger partial charge in [-0.3, -0.25) is 14.6 Å². The van der Waals surface area contributed by atoms with Crippen molar-refractivity contribution in [2.75, 3.05) is 6.54 Å². The van der Waals surface area contributed by atoms with Gasteiger partial charge < -0.3 is 29.9 Å². The number of ether oxygens (including phenoxy) is 1. The standard InChI is InChI=1S/C31H41N5O6S/c1-17(2)26(25-12-22(35-42-25)14-32-30(40)41-31(5,6)7)29(39)36-15-23(37)13-24(36)28(38)34-18(3)20-8-10-21(11-9-20)27-19(4)33-16-43-27/h8-12,16-17,19,23-24,26-27,37H,3,13-15H2,1-2,4-7H3,(H,32,40)(H,34,38)/t19?,23-,24+,26-,27?/m1/s1. The van der Waals surface area contributed by atoms with Crippen molar-refractivity contribution in [3.05, 3.63) is 59.5 Å². The lowest BCUT2D eigenvalue weighted by Gasteiger charge is -2.29. The van der Waals surface area contributed by atoms with Gasteiger partial charge >= 0.3 is 6.09 Å². The molecular weight excluding hydrogens is 570 g/mol. The zero-order chi connectivity index (χ0) is 31.5. The molecule has 2 unspecified atom stereocenters. The molecule has 43 heavy (non-hydrogen) atoms. The van der Waals surface area contributed by atoms with Crippen molar-refractivity contribution in [1.82, 2.24) is 20.7 Å². The second-order valence-electron chi connectivity index (χ2n) is 12.3. The fraction of sp³-hybridized carbons (Fsp3) is 0.516. The molecule has 3 N–H and O–H groups in total. The number of rotatable bonds is 9. The van der Waals surface area contributed by atoms with Gasteiger partial charge in [-0.2, -0.15) is 0 Å². The van der Waals surface area contributed by atoms with Crippen molar-refractivity contribution >= 4 is 40.9 Å². The molecule has 1 saturated heterocycles. The van der Waals surface area contributed by atoms with Gasteiger partial charge in [0.25, 0.3) is 0 Å². The summed E-state index contributed by atoms with van der Waals surface area (Å²) < 4.78 is 10.8. The van der Waals surface area contributed by atoms with E-state index < -0.39 is 35.7 Å². The normalized spacial score (nSPS) is 22.5. The lowest BCUT2D eigenvalue weighted by atomic mass is 9.91. The molecule has 0 spiro atoms. The second-order valence-corrected chi connectivity index (χ2v) is 13.3. The molecule has 3 heterocycles. The summed E-state index contributed by atoms with van der Waals surface area (Å²) in [5.74, 6) is -1.41. The van der Waals surface area contributed by atoms with Crippen molar-refractivity contribution in [2.24, 2.45) is 10.9 Å². The number of nitrogens with one attached hydrogen (secondary N) is 2. The van der Waals surface area contributed by atoms with Gasteiger partial charge in [-0.25, -0.2) is 4.79 Å². The summed E-state index contributed by atoms with van der Waals surface area (Å²) in [6.45, 7) is 15.2. The van der Waals surface area contributed by atoms with Gasteiger partial charge in [0, 0.05) is 24.7 Å². The van der Waals surface area contributed by atoms with Gasteiger partial charge in [-0.1, -0.05) is 49.8 Å². The van der Waals surface area contributed by atoms with Gasteiger partial charge in [0.05, 0.1) is 29.5 Å². The van der Waals surface area contributed by atoms with Gasteiger partial charge in [-0.05, 0) is 44.7 Å². The van der Waals surface area contributed by atoms with Gasteiger partial charge in [-0.15, -0.1) is 11.8 Å². The highest BCUT2D eigenvalue weighted by Crippen LogP contribution is 2.37. The van der Waals surface area contributed by atoms with Crippen LogP contribution in [-0.4, -0.2) is 69.0 Å². The predicted octanol–water partition coefficient (Wildman–Crippen LogP) is 4.39. The molecule has 12 heteroatoms. The molecule has 1 fully saturated rings. The molecule has 0 radical (unpaired) electrons. The average molecular weight is 612 g/mol. The third kappa shape index (κ3) is 8.05. The lowest BCUT2D eigenvalue weighted by Crippen LogP contribution is -2.47. The highest BCUT2D eigenvalue weighted by atomic mass is 32.2. The van der Waals surface area contributed by atoms with Crippen LogP contribution >= 0.6 is 11.8 Å². The predicted molar refractivity (Wildman–Crippen MR) is 165 cm³/mol. The molecule has 4 rings (SSSR count). The number of aliphatic imine (C=N–C) groups is 1. The first-order chi connectivity index (χ1) is 20.2. The first-order valence-electron chi connectivity index (χ1n) is 14.4. The Morgan fingerprint density at radius 2 is 1.93 bits per heavy atom. The smallest absolute Gasteiger partial charge is 0.407 e. The molecule has 2 aliphatic rings. The minimum atomic E-state index is -0.885. The van der Waals surface area contributed by atoms with E-state index in [9.17, 15) is 19.5 Å². The Morgan fingerprint density at radius 3 is 2.53 bits per heavy atom. The Morgan fingerprint density at radius 1 is 1.23 bits per heavy atom. The van der Waals surface area contributed by atoms with E-state index in [1.165, 1.54) is 4.90 Å². The van der Waals surface area contributed by atoms with Crippen LogP contribution in [0.15, 0.2) is 46.4 Å². The number of carbonyl (C=O) groups is 3. The Labute approximate surface area is 256 Å². The fourth-order valence-corrected chi connectivity index (χ4v) is 6.18. The largest absolute Gasteiger partial charge is 0.444 e. The number of aliphatic hydroxyl groups excluding tert-OH is 1. The number of thioether (sulfide) groups is 1. The summed E-state index contributed by atoms with van der Waals surface area (Å²) in [7, 11) is 0. The van der Waals surface area contributed by atoms with E-state index in [1.807, 2.05) is 43.7 Å². The Balaban J connectivity index is 1.41. The summed E-state index contributed by atoms with van der Waals surface area (Å²) in [6, 6.07) is 8.75. The van der Waals surface area contributed by atoms with E-state index in [0.29, 0.717) is 17.2 Å². The molecule has 5 atom stereocenters. The van der Waals surface area contributed by atoms with Crippen LogP contribution in [0.3, 0.4) is 0 Å². The van der Waals surface area contributed by atoms with E-state index in [4.69, 9.17) is 9.26 Å². The van der Waals surface area contributed by atoms with E-state index in [-0.39, 0.29) is 42.6 Å². The number of aromatic nitrogens is 1. The summed E-state index contributed by atoms with van der Waals surface area (Å²) >= 11 is 1.68. The number of aliphatic hydroxyl groups is 1. The van der Waals surface area contributed by atoms with Crippen LogP contribution < -0.4 is 10.6 Å². The molecule has 2 aromatic rings. The number of likely N-dealkylation sites (tertiary alicyclic amines) is 1. The zero-order valence-electron chi connectivity index (χ0n) is 25.5. The number of nitrogens with zero attached hydrogens (tertiary/aromatic N) is 3. The van der Waals surface area contributed by atoms with Crippen molar-refractivity contribution in [1.29, 1.82) is 0 Å². The molecule has 0 saturated carbocycles. The maximum absolute atomic E-state index is 13.8. The molecule has 3 amide bonds. The number of hydrogen-bond acceptors (Lipinski definition) is 9. The third-order valence-corrected chi connectivity index (χ3v) is 8.50. The summed E-state index contributed by atoms with van der Waals surface area (Å²) in [4.78, 5) is 45.1. The van der Waals surface area contributed by atoms with Crippen molar-refractivity contribution in [3.8, 4) is 0 Å². The van der Waals surface area contributed by atoms with Crippen LogP contribution in [-0.2, 0) is 20.9 Å². The maximum atomic E-state index is 13.8. The van der Waals surface area contributed by atoms with Crippen LogP contribution in [0.4, 0.5) is 4.79 Å². The highest BCUT2D eigenvalue weighted by molar-refractivity contribution is 8.12. The first-order valence-corrected chi connectivity index (χ1v) is 15.4. The zero-order valence-corrected chi connectivity index (χ0v) is 26.3. The third-order valence-electron chi connectivity index (χ3n) is 7.30. The molecule has 0 bridgehead atoms. The van der Waals surface area contributed by atoms with E-state index >= 15 is 0 Å². The molecule has 1 aromatic heterocycles. The number of β-amino-alcohol motifs (C(OH)–C–C–N with tert-alkyl or cyclic N) is 1. The molecular formula is C31H41N5O6S. The summed E-state index contributed by atoms with van der Waals surface area (Å²) in [5, 5.41) is 20.2. The Kier molecular flexibility index (Phi) is 10.0. The van der Waals surface area contributed by atoms with E-state index in [0.717, 1.165) is 11.1 Å². The molecule has 232 valence electrons. The minimum Gasteiger partial charge on any atom is -0.444 e. The van der Waals surface area contributed by atoms with E-state index in [2.05, 4.69) is 34.3 Å². The summed E-state index contributed by atoms with van der Waals surface area (Å²) in [5.41, 5.74) is 3.96. The number of amides is 3.